The van der Waals surface area contributed by atoms with Crippen molar-refractivity contribution in [3.63, 3.8) is 0 Å². The van der Waals surface area contributed by atoms with Gasteiger partial charge in [0.1, 0.15) is 6.04 Å². The molecule has 2 atom stereocenters. The summed E-state index contributed by atoms with van der Waals surface area (Å²) in [5.41, 5.74) is 5.69. The summed E-state index contributed by atoms with van der Waals surface area (Å²) in [5, 5.41) is 13.8. The number of carbonyl (C=O) groups is 6. The molecule has 1 aliphatic heterocycles. The van der Waals surface area contributed by atoms with Gasteiger partial charge in [-0.1, -0.05) is 42.4 Å². The molecule has 13 nitrogen and oxygen atoms in total. The van der Waals surface area contributed by atoms with Crippen molar-refractivity contribution in [3.8, 4) is 0 Å². The summed E-state index contributed by atoms with van der Waals surface area (Å²) in [6.07, 6.45) is 2.64. The van der Waals surface area contributed by atoms with Gasteiger partial charge in [-0.3, -0.25) is 33.7 Å². The highest BCUT2D eigenvalue weighted by molar-refractivity contribution is 8.77. The van der Waals surface area contributed by atoms with Gasteiger partial charge < -0.3 is 30.9 Å². The number of nitrogens with zero attached hydrogens (tertiary/aromatic N) is 1. The lowest BCUT2D eigenvalue weighted by Gasteiger charge is -2.27. The summed E-state index contributed by atoms with van der Waals surface area (Å²) in [6, 6.07) is -2.08. The molecule has 0 bridgehead atoms. The third-order valence-electron chi connectivity index (χ3n) is 5.14. The first-order chi connectivity index (χ1) is 18.9. The molecule has 1 aliphatic rings. The van der Waals surface area contributed by atoms with Crippen molar-refractivity contribution in [2.45, 2.75) is 63.3 Å². The van der Waals surface area contributed by atoms with Crippen molar-refractivity contribution in [2.75, 3.05) is 45.3 Å². The molecule has 40 heavy (non-hydrogen) atoms. The number of rotatable bonds is 21. The van der Waals surface area contributed by atoms with E-state index in [4.69, 9.17) is 20.3 Å². The van der Waals surface area contributed by atoms with Crippen molar-refractivity contribution in [1.82, 2.24) is 15.5 Å². The number of carboxylic acid groups (broad SMARTS) is 1. The molecule has 0 aromatic carbocycles. The van der Waals surface area contributed by atoms with E-state index in [1.807, 2.05) is 20.8 Å². The van der Waals surface area contributed by atoms with Gasteiger partial charge in [-0.25, -0.2) is 0 Å². The normalized spacial score (nSPS) is 14.8. The zero-order chi connectivity index (χ0) is 30.1. The quantitative estimate of drug-likeness (QED) is 0.0794. The molecule has 226 valence electrons. The number of nitrogens with one attached hydrogen (secondary N) is 2. The van der Waals surface area contributed by atoms with Gasteiger partial charge >= 0.3 is 5.97 Å². The first-order valence-electron chi connectivity index (χ1n) is 12.9. The van der Waals surface area contributed by atoms with Crippen molar-refractivity contribution in [3.05, 3.63) is 12.2 Å². The van der Waals surface area contributed by atoms with Gasteiger partial charge in [0.15, 0.2) is 5.78 Å². The molecule has 1 heterocycles. The molecule has 0 aromatic heterocycles. The summed E-state index contributed by atoms with van der Waals surface area (Å²) in [6.45, 7) is 6.72. The van der Waals surface area contributed by atoms with Crippen LogP contribution in [0.1, 0.15) is 46.5 Å². The highest BCUT2D eigenvalue weighted by atomic mass is 33.1. The number of nitrogens with two attached hydrogens (primary N) is 1. The average Bonchev–Trinajstić information content (AvgIpc) is 3.20. The Morgan fingerprint density at radius 2 is 1.62 bits per heavy atom. The van der Waals surface area contributed by atoms with Crippen molar-refractivity contribution in [2.24, 2.45) is 5.73 Å². The van der Waals surface area contributed by atoms with E-state index in [1.54, 1.807) is 10.8 Å². The summed E-state index contributed by atoms with van der Waals surface area (Å²) < 4.78 is 10.5. The molecular weight excluding hydrogens is 564 g/mol. The second-order valence-electron chi connectivity index (χ2n) is 9.71. The first kappa shape index (κ1) is 35.6. The molecule has 0 aromatic rings. The standard InChI is InChI=1S/C25H40N4O9S2/c1-25(2,3)40-39-16-17(28-24(36)18(15-26)29-21(32)6-7-22(29)33)19(30)5-4-11-37-12-8-20(31)27-10-14-38-13-9-23(34)35/h6-7,17-18H,4-5,8-16,26H2,1-3H3,(H,27,31)(H,28,36)(H,34,35)/t17-,18-/m0/s1. The van der Waals surface area contributed by atoms with Crippen molar-refractivity contribution in [1.29, 1.82) is 0 Å². The number of ketones is 1. The molecule has 5 N–H and O–H groups in total. The first-order valence-corrected chi connectivity index (χ1v) is 15.2. The second kappa shape index (κ2) is 18.8. The highest BCUT2D eigenvalue weighted by Gasteiger charge is 2.36. The minimum atomic E-state index is -1.23. The molecule has 0 fully saturated rings. The number of hydrogen-bond donors (Lipinski definition) is 4. The Balaban J connectivity index is 2.46. The van der Waals surface area contributed by atoms with Crippen LogP contribution < -0.4 is 16.4 Å². The Morgan fingerprint density at radius 3 is 2.23 bits per heavy atom. The molecule has 4 amide bonds. The average molecular weight is 605 g/mol. The van der Waals surface area contributed by atoms with Crippen molar-refractivity contribution < 1.29 is 43.3 Å². The zero-order valence-corrected chi connectivity index (χ0v) is 24.8. The fourth-order valence-corrected chi connectivity index (χ4v) is 5.71. The molecular formula is C25H40N4O9S2. The predicted molar refractivity (Wildman–Crippen MR) is 151 cm³/mol. The van der Waals surface area contributed by atoms with Gasteiger partial charge in [0.2, 0.25) is 11.8 Å². The molecule has 0 aliphatic carbocycles. The molecule has 0 radical (unpaired) electrons. The van der Waals surface area contributed by atoms with E-state index in [0.717, 1.165) is 17.1 Å². The maximum atomic E-state index is 13.0. The van der Waals surface area contributed by atoms with Crippen LogP contribution >= 0.6 is 21.6 Å². The number of aliphatic carboxylic acids is 1. The molecule has 1 rings (SSSR count). The van der Waals surface area contributed by atoms with E-state index in [9.17, 15) is 28.8 Å². The molecule has 15 heteroatoms. The van der Waals surface area contributed by atoms with Crippen LogP contribution in [0.15, 0.2) is 12.2 Å². The SMILES string of the molecule is CC(C)(C)SSC[C@H](NC(=O)[C@H](CN)N1C(=O)C=CC1=O)C(=O)CCCOCCC(=O)NCCOCCC(=O)O. The monoisotopic (exact) mass is 604 g/mol. The van der Waals surface area contributed by atoms with E-state index in [2.05, 4.69) is 10.6 Å². The van der Waals surface area contributed by atoms with Crippen molar-refractivity contribution >= 4 is 57.0 Å². The van der Waals surface area contributed by atoms with Crippen LogP contribution in [-0.2, 0) is 38.2 Å². The summed E-state index contributed by atoms with van der Waals surface area (Å²) >= 11 is 0. The van der Waals surface area contributed by atoms with Crippen LogP contribution in [0.2, 0.25) is 0 Å². The minimum absolute atomic E-state index is 0.0738. The van der Waals surface area contributed by atoms with Gasteiger partial charge in [0.25, 0.3) is 11.8 Å². The maximum Gasteiger partial charge on any atom is 0.305 e. The zero-order valence-electron chi connectivity index (χ0n) is 23.1. The Morgan fingerprint density at radius 1 is 1.00 bits per heavy atom. The molecule has 0 spiro atoms. The topological polar surface area (TPSA) is 194 Å². The van der Waals surface area contributed by atoms with Crippen LogP contribution in [0.3, 0.4) is 0 Å². The fraction of sp³-hybridized carbons (Fsp3) is 0.680. The largest absolute Gasteiger partial charge is 0.481 e. The summed E-state index contributed by atoms with van der Waals surface area (Å²) in [5.74, 6) is -3.08. The van der Waals surface area contributed by atoms with Gasteiger partial charge in [0, 0.05) is 55.2 Å². The Hall–Kier alpha value is -2.46. The predicted octanol–water partition coefficient (Wildman–Crippen LogP) is 0.267. The minimum Gasteiger partial charge on any atom is -0.481 e. The molecule has 0 saturated heterocycles. The van der Waals surface area contributed by atoms with E-state index >= 15 is 0 Å². The van der Waals surface area contributed by atoms with Crippen LogP contribution in [0.4, 0.5) is 0 Å². The van der Waals surface area contributed by atoms with Gasteiger partial charge in [-0.2, -0.15) is 0 Å². The Labute approximate surface area is 242 Å². The lowest BCUT2D eigenvalue weighted by molar-refractivity contribution is -0.145. The van der Waals surface area contributed by atoms with Gasteiger partial charge in [0.05, 0.1) is 32.3 Å². The van der Waals surface area contributed by atoms with E-state index in [0.29, 0.717) is 6.42 Å². The van der Waals surface area contributed by atoms with Crippen LogP contribution in [0.25, 0.3) is 0 Å². The number of hydrogen-bond acceptors (Lipinski definition) is 11. The summed E-state index contributed by atoms with van der Waals surface area (Å²) in [4.78, 5) is 72.9. The third kappa shape index (κ3) is 14.8. The lowest BCUT2D eigenvalue weighted by Crippen LogP contribution is -2.56. The van der Waals surface area contributed by atoms with E-state index < -0.39 is 35.8 Å². The Bertz CT molecular complexity index is 906. The number of Topliss-reactive ketones (excluding diaryl/α,β-unsaturated/α-hetero) is 1. The van der Waals surface area contributed by atoms with Crippen LogP contribution in [-0.4, -0.2) is 107 Å². The lowest BCUT2D eigenvalue weighted by atomic mass is 10.1. The number of carboxylic acids is 1. The fourth-order valence-electron chi connectivity index (χ4n) is 3.21. The number of imide groups is 1. The van der Waals surface area contributed by atoms with Gasteiger partial charge in [-0.05, 0) is 6.42 Å². The maximum absolute atomic E-state index is 13.0. The number of carbonyl (C=O) groups excluding carboxylic acids is 5. The third-order valence-corrected chi connectivity index (χ3v) is 8.49. The molecule has 0 saturated carbocycles. The van der Waals surface area contributed by atoms with Crippen LogP contribution in [0, 0.1) is 0 Å². The van der Waals surface area contributed by atoms with Crippen LogP contribution in [0.5, 0.6) is 0 Å². The molecule has 0 unspecified atom stereocenters. The highest BCUT2D eigenvalue weighted by Crippen LogP contribution is 2.35. The number of ether oxygens (including phenoxy) is 2. The summed E-state index contributed by atoms with van der Waals surface area (Å²) in [7, 11) is 2.99. The van der Waals surface area contributed by atoms with E-state index in [-0.39, 0.29) is 81.0 Å². The second-order valence-corrected chi connectivity index (χ2v) is 12.9. The van der Waals surface area contributed by atoms with E-state index in [1.165, 1.54) is 10.8 Å². The Kier molecular flexibility index (Phi) is 16.7. The van der Waals surface area contributed by atoms with Gasteiger partial charge in [-0.15, -0.1) is 0 Å². The number of amides is 4. The smallest absolute Gasteiger partial charge is 0.305 e.